The van der Waals surface area contributed by atoms with Gasteiger partial charge in [-0.25, -0.2) is 16.8 Å². The highest BCUT2D eigenvalue weighted by molar-refractivity contribution is 9.10. The number of rotatable bonds is 12. The van der Waals surface area contributed by atoms with Crippen LogP contribution in [0.25, 0.3) is 0 Å². The van der Waals surface area contributed by atoms with Gasteiger partial charge in [0.05, 0.1) is 43.4 Å². The summed E-state index contributed by atoms with van der Waals surface area (Å²) in [6.07, 6.45) is 1.49. The van der Waals surface area contributed by atoms with E-state index in [1.54, 1.807) is 84.9 Å². The van der Waals surface area contributed by atoms with E-state index in [1.165, 1.54) is 8.61 Å². The largest absolute Gasteiger partial charge is 0.495 e. The summed E-state index contributed by atoms with van der Waals surface area (Å²) in [6.45, 7) is 28.8. The number of benzene rings is 4. The summed E-state index contributed by atoms with van der Waals surface area (Å²) >= 11 is 3.29. The number of likely N-dealkylation sites (N-methyl/N-ethyl adjacent to an activating group) is 2. The number of halogens is 1. The van der Waals surface area contributed by atoms with Crippen molar-refractivity contribution in [3.63, 3.8) is 0 Å². The standard InChI is InChI=1S/C24H31BN2O6S.C18H19BrN2O4S.C12H24B2O4.CH4.H2/c1-23(2)24(3,4)33-25(32-23)22-11-8-20(16-18(22)17-28)31-19-6-9-21(10-7-19)34(29,30)27-14-12-26(5)13-15-27;1-20-8-10-21(11-9-20)26(23,24)17-5-2-15(3-6-17)25-16-4-7-18(19)14(12-16)13-22;1-9(2)10(3,4)16-13(15-9)14-17-11(5,6)12(7,8)18-14;;/h6-11,16-17H,12-15H2,1-5H3;2-7,12-13H,8-11H2,1H3;1-8H3;1H4;1H/i;;;;1+1. The van der Waals surface area contributed by atoms with Gasteiger partial charge in [0, 0.05) is 69.4 Å². The van der Waals surface area contributed by atoms with Crippen LogP contribution in [0, 0.1) is 0 Å². The van der Waals surface area contributed by atoms with Crippen molar-refractivity contribution in [2.24, 2.45) is 0 Å². The Labute approximate surface area is 480 Å². The van der Waals surface area contributed by atoms with Crippen molar-refractivity contribution >= 4 is 75.1 Å². The molecule has 0 unspecified atom stereocenters. The van der Waals surface area contributed by atoms with E-state index in [9.17, 15) is 26.4 Å². The molecule has 0 atom stereocenters. The van der Waals surface area contributed by atoms with Crippen molar-refractivity contribution in [1.29, 1.82) is 0 Å². The smallest absolute Gasteiger partial charge is 0.457 e. The van der Waals surface area contributed by atoms with E-state index in [1.807, 2.05) is 97.2 Å². The highest BCUT2D eigenvalue weighted by Crippen LogP contribution is 2.43. The van der Waals surface area contributed by atoms with Crippen LogP contribution in [-0.4, -0.2) is 169 Å². The van der Waals surface area contributed by atoms with Crippen LogP contribution in [0.3, 0.4) is 0 Å². The minimum atomic E-state index is -3.54. The Kier molecular flexibility index (Phi) is 19.9. The molecule has 5 saturated heterocycles. The van der Waals surface area contributed by atoms with Crippen LogP contribution in [0.4, 0.5) is 0 Å². The molecule has 5 heterocycles. The fourth-order valence-corrected chi connectivity index (χ4v) is 11.7. The van der Waals surface area contributed by atoms with Crippen molar-refractivity contribution in [1.82, 2.24) is 18.4 Å². The molecule has 24 heteroatoms. The van der Waals surface area contributed by atoms with Gasteiger partial charge in [-0.05, 0) is 182 Å². The Morgan fingerprint density at radius 1 is 0.468 bits per heavy atom. The zero-order chi connectivity index (χ0) is 57.4. The molecule has 4 aromatic carbocycles. The molecule has 0 spiro atoms. The van der Waals surface area contributed by atoms with Gasteiger partial charge in [0.25, 0.3) is 0 Å². The molecular formula is C55H80B3BrN4O14S2. The molecule has 0 N–H and O–H groups in total. The first-order valence-corrected chi connectivity index (χ1v) is 29.7. The van der Waals surface area contributed by atoms with E-state index in [4.69, 9.17) is 37.4 Å². The van der Waals surface area contributed by atoms with Crippen molar-refractivity contribution in [3.8, 4) is 23.0 Å². The van der Waals surface area contributed by atoms with E-state index >= 15 is 0 Å². The molecule has 0 aliphatic carbocycles. The molecule has 0 aromatic heterocycles. The molecule has 0 bridgehead atoms. The Morgan fingerprint density at radius 3 is 1.11 bits per heavy atom. The van der Waals surface area contributed by atoms with Gasteiger partial charge in [-0.15, -0.1) is 0 Å². The first-order valence-electron chi connectivity index (χ1n) is 26.0. The summed E-state index contributed by atoms with van der Waals surface area (Å²) in [5.41, 5.74) is -0.944. The Hall–Kier alpha value is -4.01. The van der Waals surface area contributed by atoms with Gasteiger partial charge >= 0.3 is 21.1 Å². The first kappa shape index (κ1) is 64.2. The Balaban J connectivity index is 0.000000228. The molecule has 79 heavy (non-hydrogen) atoms. The highest BCUT2D eigenvalue weighted by atomic mass is 79.9. The van der Waals surface area contributed by atoms with Gasteiger partial charge < -0.3 is 47.2 Å². The molecule has 18 nitrogen and oxygen atoms in total. The lowest BCUT2D eigenvalue weighted by Crippen LogP contribution is -2.46. The number of carbonyl (C=O) groups excluding carboxylic acids is 2. The zero-order valence-corrected chi connectivity index (χ0v) is 50.5. The molecule has 0 radical (unpaired) electrons. The summed E-state index contributed by atoms with van der Waals surface area (Å²) < 4.78 is 103. The topological polar surface area (TPSA) is 189 Å². The van der Waals surface area contributed by atoms with Crippen LogP contribution in [0.5, 0.6) is 23.0 Å². The lowest BCUT2D eigenvalue weighted by Gasteiger charge is -2.32. The van der Waals surface area contributed by atoms with Gasteiger partial charge in [0.1, 0.15) is 29.3 Å². The van der Waals surface area contributed by atoms with Crippen molar-refractivity contribution < 1.29 is 65.3 Å². The molecular weight excluding hydrogens is 1120 g/mol. The number of aldehydes is 2. The summed E-state index contributed by atoms with van der Waals surface area (Å²) in [4.78, 5) is 27.5. The van der Waals surface area contributed by atoms with Gasteiger partial charge in [0.15, 0.2) is 6.29 Å². The third-order valence-corrected chi connectivity index (χ3v) is 20.4. The zero-order valence-electron chi connectivity index (χ0n) is 47.3. The predicted octanol–water partition coefficient (Wildman–Crippen LogP) is 8.65. The van der Waals surface area contributed by atoms with Crippen LogP contribution in [0.2, 0.25) is 0 Å². The second kappa shape index (κ2) is 24.4. The normalized spacial score (nSPS) is 21.7. The van der Waals surface area contributed by atoms with E-state index in [-0.39, 0.29) is 41.0 Å². The minimum absolute atomic E-state index is 0. The highest BCUT2D eigenvalue weighted by Gasteiger charge is 2.64. The fraction of sp³-hybridized carbons (Fsp3) is 0.527. The lowest BCUT2D eigenvalue weighted by atomic mass is 9.49. The summed E-state index contributed by atoms with van der Waals surface area (Å²) in [7, 11) is -4.68. The maximum absolute atomic E-state index is 12.9. The molecule has 4 aromatic rings. The molecule has 9 rings (SSSR count). The first-order chi connectivity index (χ1) is 36.2. The molecule has 0 saturated carbocycles. The van der Waals surface area contributed by atoms with Crippen LogP contribution >= 0.6 is 15.9 Å². The summed E-state index contributed by atoms with van der Waals surface area (Å²) in [6, 6.07) is 22.8. The monoisotopic (exact) mass is 1200 g/mol. The third kappa shape index (κ3) is 14.4. The Bertz CT molecular complexity index is 2930. The lowest BCUT2D eigenvalue weighted by molar-refractivity contribution is 0.00578. The van der Waals surface area contributed by atoms with Crippen molar-refractivity contribution in [3.05, 3.63) is 101 Å². The average Bonchev–Trinajstić information content (AvgIpc) is 3.84. The third-order valence-electron chi connectivity index (χ3n) is 15.9. The van der Waals surface area contributed by atoms with Crippen LogP contribution in [0.1, 0.15) is 113 Å². The minimum Gasteiger partial charge on any atom is -0.457 e. The van der Waals surface area contributed by atoms with Gasteiger partial charge in [0.2, 0.25) is 20.0 Å². The van der Waals surface area contributed by atoms with Crippen LogP contribution < -0.4 is 14.9 Å². The molecule has 5 aliphatic heterocycles. The number of piperazine rings is 2. The van der Waals surface area contributed by atoms with Crippen molar-refractivity contribution in [2.75, 3.05) is 66.5 Å². The maximum atomic E-state index is 12.9. The molecule has 432 valence electrons. The van der Waals surface area contributed by atoms with E-state index < -0.39 is 52.4 Å². The second-order valence-electron chi connectivity index (χ2n) is 23.1. The fourth-order valence-electron chi connectivity index (χ4n) is 8.56. The average molecular weight is 1200 g/mol. The quantitative estimate of drug-likeness (QED) is 0.0967. The van der Waals surface area contributed by atoms with Crippen LogP contribution in [-0.2, 0) is 48.0 Å². The van der Waals surface area contributed by atoms with Gasteiger partial charge in [-0.3, -0.25) is 9.59 Å². The number of ether oxygens (including phenoxy) is 2. The van der Waals surface area contributed by atoms with E-state index in [2.05, 4.69) is 25.7 Å². The molecule has 0 amide bonds. The maximum Gasteiger partial charge on any atom is 0.495 e. The van der Waals surface area contributed by atoms with E-state index in [0.29, 0.717) is 83.3 Å². The number of hydrogen-bond acceptors (Lipinski definition) is 16. The number of sulfonamides is 2. The van der Waals surface area contributed by atoms with Gasteiger partial charge in [-0.2, -0.15) is 8.61 Å². The van der Waals surface area contributed by atoms with Gasteiger partial charge in [-0.1, -0.05) is 29.4 Å². The SMILES string of the molecule is C.CC1(C)OB(B2OC(C)(C)C(C)(C)O2)OC1(C)C.CN1CCN(S(=O)(=O)c2ccc(Oc3ccc(B4OC(C)(C)C(C)(C)O4)c(C=O)c3)cc2)CC1.CN1CCN(S(=O)(=O)c2ccc(Oc3ccc(Br)c(C=O)c3)cc2)CC1.[2HH]. The number of hydrogen-bond donors (Lipinski definition) is 0. The predicted molar refractivity (Wildman–Crippen MR) is 314 cm³/mol. The number of nitrogens with zero attached hydrogens (tertiary/aromatic N) is 4. The summed E-state index contributed by atoms with van der Waals surface area (Å²) in [5, 5.41) is 0. The molecule has 5 aliphatic rings. The Morgan fingerprint density at radius 2 is 0.772 bits per heavy atom. The van der Waals surface area contributed by atoms with E-state index in [0.717, 1.165) is 25.7 Å². The molecule has 5 fully saturated rings. The van der Waals surface area contributed by atoms with Crippen LogP contribution in [0.15, 0.2) is 99.2 Å². The van der Waals surface area contributed by atoms with Crippen molar-refractivity contribution in [2.45, 2.75) is 134 Å². The number of carbonyl (C=O) groups is 2. The summed E-state index contributed by atoms with van der Waals surface area (Å²) in [5.74, 6) is 1.93. The second-order valence-corrected chi connectivity index (χ2v) is 27.8.